The van der Waals surface area contributed by atoms with E-state index in [9.17, 15) is 9.18 Å². The monoisotopic (exact) mass is 289 g/mol. The van der Waals surface area contributed by atoms with Crippen molar-refractivity contribution in [2.45, 2.75) is 0 Å². The summed E-state index contributed by atoms with van der Waals surface area (Å²) in [6, 6.07) is 4.12. The van der Waals surface area contributed by atoms with Crippen molar-refractivity contribution in [2.75, 3.05) is 30.8 Å². The summed E-state index contributed by atoms with van der Waals surface area (Å²) in [5.74, 6) is -0.293. The van der Waals surface area contributed by atoms with Crippen LogP contribution in [0.25, 0.3) is 0 Å². The van der Waals surface area contributed by atoms with E-state index in [1.165, 1.54) is 30.1 Å². The van der Waals surface area contributed by atoms with Crippen LogP contribution in [0.5, 0.6) is 0 Å². The molecule has 0 aliphatic carbocycles. The van der Waals surface area contributed by atoms with Crippen LogP contribution in [0.4, 0.5) is 10.1 Å². The third-order valence-corrected chi connectivity index (χ3v) is 3.77. The normalized spacial score (nSPS) is 15.9. The highest BCUT2D eigenvalue weighted by Gasteiger charge is 2.13. The Hall–Kier alpha value is -0.820. The average Bonchev–Trinajstić information content (AvgIpc) is 2.84. The summed E-state index contributed by atoms with van der Waals surface area (Å²) in [4.78, 5) is 11.6. The van der Waals surface area contributed by atoms with Crippen molar-refractivity contribution < 1.29 is 9.18 Å². The molecule has 7 heteroatoms. The quantitative estimate of drug-likeness (QED) is 0.832. The van der Waals surface area contributed by atoms with Gasteiger partial charge in [-0.15, -0.1) is 0 Å². The second-order valence-corrected chi connectivity index (χ2v) is 5.28. The van der Waals surface area contributed by atoms with Crippen molar-refractivity contribution in [1.82, 2.24) is 9.62 Å². The maximum atomic E-state index is 12.9. The number of hydrogen-bond donors (Lipinski definition) is 2. The van der Waals surface area contributed by atoms with Crippen molar-refractivity contribution >= 4 is 35.1 Å². The number of carbonyl (C=O) groups excluding carboxylic acids is 1. The van der Waals surface area contributed by atoms with Crippen LogP contribution in [0.15, 0.2) is 18.2 Å². The van der Waals surface area contributed by atoms with E-state index in [1.807, 2.05) is 0 Å². The lowest BCUT2D eigenvalue weighted by atomic mass is 10.3. The fourth-order valence-electron chi connectivity index (χ4n) is 1.52. The van der Waals surface area contributed by atoms with E-state index >= 15 is 0 Å². The fourth-order valence-corrected chi connectivity index (χ4v) is 2.47. The first-order valence-electron chi connectivity index (χ1n) is 5.48. The molecule has 0 unspecified atom stereocenters. The lowest BCUT2D eigenvalue weighted by Crippen LogP contribution is -2.20. The Labute approximate surface area is 114 Å². The Morgan fingerprint density at radius 2 is 2.44 bits per heavy atom. The molecule has 0 saturated carbocycles. The molecular formula is C11H13ClFN3OS. The number of rotatable bonds is 4. The summed E-state index contributed by atoms with van der Waals surface area (Å²) in [5, 5.41) is 5.85. The first kappa shape index (κ1) is 13.6. The molecule has 0 bridgehead atoms. The van der Waals surface area contributed by atoms with Crippen molar-refractivity contribution in [3.63, 3.8) is 0 Å². The summed E-state index contributed by atoms with van der Waals surface area (Å²) in [6.07, 6.45) is 0. The van der Waals surface area contributed by atoms with Gasteiger partial charge in [-0.3, -0.25) is 4.79 Å². The molecule has 1 aromatic rings. The third kappa shape index (κ3) is 3.84. The molecule has 0 atom stereocenters. The molecule has 1 saturated heterocycles. The molecular weight excluding hydrogens is 277 g/mol. The second-order valence-electron chi connectivity index (χ2n) is 3.81. The van der Waals surface area contributed by atoms with E-state index in [4.69, 9.17) is 11.6 Å². The van der Waals surface area contributed by atoms with Crippen LogP contribution in [0.3, 0.4) is 0 Å². The molecule has 98 valence electrons. The Kier molecular flexibility index (Phi) is 4.82. The van der Waals surface area contributed by atoms with Crippen LogP contribution in [-0.4, -0.2) is 35.7 Å². The van der Waals surface area contributed by atoms with Crippen molar-refractivity contribution in [3.8, 4) is 0 Å². The Morgan fingerprint density at radius 1 is 1.61 bits per heavy atom. The van der Waals surface area contributed by atoms with Gasteiger partial charge >= 0.3 is 0 Å². The van der Waals surface area contributed by atoms with Gasteiger partial charge in [0, 0.05) is 18.8 Å². The van der Waals surface area contributed by atoms with Crippen molar-refractivity contribution in [3.05, 3.63) is 29.0 Å². The number of amides is 1. The fraction of sp³-hybridized carbons (Fsp3) is 0.364. The summed E-state index contributed by atoms with van der Waals surface area (Å²) in [5.41, 5.74) is 0.506. The van der Waals surface area contributed by atoms with Crippen LogP contribution in [0, 0.1) is 5.82 Å². The number of halogens is 2. The first-order chi connectivity index (χ1) is 8.65. The number of carbonyl (C=O) groups is 1. The zero-order valence-electron chi connectivity index (χ0n) is 9.58. The van der Waals surface area contributed by atoms with E-state index in [0.717, 1.165) is 19.8 Å². The van der Waals surface area contributed by atoms with Gasteiger partial charge in [0.25, 0.3) is 0 Å². The van der Waals surface area contributed by atoms with Crippen LogP contribution < -0.4 is 10.6 Å². The predicted octanol–water partition coefficient (Wildman–Crippen LogP) is 1.93. The molecule has 1 amide bonds. The largest absolute Gasteiger partial charge is 0.325 e. The molecule has 0 aromatic heterocycles. The van der Waals surface area contributed by atoms with Crippen molar-refractivity contribution in [1.29, 1.82) is 0 Å². The molecule has 0 radical (unpaired) electrons. The average molecular weight is 290 g/mol. The van der Waals surface area contributed by atoms with Gasteiger partial charge in [0.15, 0.2) is 0 Å². The maximum Gasteiger partial charge on any atom is 0.235 e. The Morgan fingerprint density at radius 3 is 3.11 bits per heavy atom. The number of anilines is 1. The van der Waals surface area contributed by atoms with E-state index < -0.39 is 5.82 Å². The summed E-state index contributed by atoms with van der Waals surface area (Å²) in [7, 11) is 0. The Bertz CT molecular complexity index is 440. The van der Waals surface area contributed by atoms with Crippen LogP contribution in [-0.2, 0) is 4.79 Å². The van der Waals surface area contributed by atoms with Crippen LogP contribution in [0.1, 0.15) is 0 Å². The van der Waals surface area contributed by atoms with E-state index in [1.54, 1.807) is 0 Å². The molecule has 18 heavy (non-hydrogen) atoms. The molecule has 0 spiro atoms. The van der Waals surface area contributed by atoms with Gasteiger partial charge in [0.05, 0.1) is 17.4 Å². The second kappa shape index (κ2) is 6.38. The van der Waals surface area contributed by atoms with Gasteiger partial charge in [-0.05, 0) is 18.2 Å². The molecule has 2 N–H and O–H groups in total. The highest BCUT2D eigenvalue weighted by Crippen LogP contribution is 2.19. The summed E-state index contributed by atoms with van der Waals surface area (Å²) >= 11 is 7.10. The predicted molar refractivity (Wildman–Crippen MR) is 72.1 cm³/mol. The zero-order chi connectivity index (χ0) is 13.0. The van der Waals surface area contributed by atoms with Gasteiger partial charge < -0.3 is 10.6 Å². The van der Waals surface area contributed by atoms with Gasteiger partial charge in [0.1, 0.15) is 5.82 Å². The Balaban J connectivity index is 1.80. The SMILES string of the molecule is O=C(CSN1CCNC1)Nc1ccc(F)c(Cl)c1. The highest BCUT2D eigenvalue weighted by atomic mass is 35.5. The van der Waals surface area contributed by atoms with Gasteiger partial charge in [-0.2, -0.15) is 0 Å². The molecule has 1 aromatic carbocycles. The molecule has 2 rings (SSSR count). The van der Waals surface area contributed by atoms with Crippen molar-refractivity contribution in [2.24, 2.45) is 0 Å². The van der Waals surface area contributed by atoms with Gasteiger partial charge in [-0.1, -0.05) is 23.5 Å². The smallest absolute Gasteiger partial charge is 0.235 e. The highest BCUT2D eigenvalue weighted by molar-refractivity contribution is 7.97. The molecule has 1 heterocycles. The van der Waals surface area contributed by atoms with Gasteiger partial charge in [0.2, 0.25) is 5.91 Å². The minimum absolute atomic E-state index is 0.00389. The number of hydrogen-bond acceptors (Lipinski definition) is 4. The van der Waals surface area contributed by atoms with E-state index in [0.29, 0.717) is 11.4 Å². The number of benzene rings is 1. The van der Waals surface area contributed by atoms with Crippen LogP contribution in [0.2, 0.25) is 5.02 Å². The minimum Gasteiger partial charge on any atom is -0.325 e. The first-order valence-corrected chi connectivity index (χ1v) is 6.80. The maximum absolute atomic E-state index is 12.9. The molecule has 1 fully saturated rings. The third-order valence-electron chi connectivity index (χ3n) is 2.41. The topological polar surface area (TPSA) is 44.4 Å². The van der Waals surface area contributed by atoms with E-state index in [-0.39, 0.29) is 10.9 Å². The molecule has 1 aliphatic heterocycles. The minimum atomic E-state index is -0.493. The lowest BCUT2D eigenvalue weighted by Gasteiger charge is -2.12. The molecule has 4 nitrogen and oxygen atoms in total. The summed E-state index contributed by atoms with van der Waals surface area (Å²) in [6.45, 7) is 2.67. The molecule has 1 aliphatic rings. The number of nitrogens with zero attached hydrogens (tertiary/aromatic N) is 1. The standard InChI is InChI=1S/C11H13ClFN3OS/c12-9-5-8(1-2-10(9)13)15-11(17)6-18-16-4-3-14-7-16/h1-2,5,14H,3-4,6-7H2,(H,15,17). The summed E-state index contributed by atoms with van der Waals surface area (Å²) < 4.78 is 15.0. The van der Waals surface area contributed by atoms with E-state index in [2.05, 4.69) is 14.9 Å². The van der Waals surface area contributed by atoms with Crippen LogP contribution >= 0.6 is 23.5 Å². The lowest BCUT2D eigenvalue weighted by molar-refractivity contribution is -0.113. The number of nitrogens with one attached hydrogen (secondary N) is 2. The van der Waals surface area contributed by atoms with Gasteiger partial charge in [-0.25, -0.2) is 8.70 Å². The zero-order valence-corrected chi connectivity index (χ0v) is 11.2.